The number of hydrogen-bond donors (Lipinski definition) is 0. The highest BCUT2D eigenvalue weighted by Gasteiger charge is 2.31. The van der Waals surface area contributed by atoms with Crippen LogP contribution in [-0.4, -0.2) is 41.5 Å². The fraction of sp³-hybridized carbons (Fsp3) is 0.455. The minimum absolute atomic E-state index is 0.176. The Morgan fingerprint density at radius 2 is 1.59 bits per heavy atom. The summed E-state index contributed by atoms with van der Waals surface area (Å²) in [5.74, 6) is 1.36. The Morgan fingerprint density at radius 1 is 0.897 bits per heavy atom. The zero-order valence-corrected chi connectivity index (χ0v) is 17.7. The summed E-state index contributed by atoms with van der Waals surface area (Å²) in [6, 6.07) is 14.0. The van der Waals surface area contributed by atoms with Crippen molar-refractivity contribution in [1.29, 1.82) is 0 Å². The van der Waals surface area contributed by atoms with Crippen molar-refractivity contribution in [2.45, 2.75) is 49.2 Å². The van der Waals surface area contributed by atoms with Crippen LogP contribution < -0.4 is 9.47 Å². The van der Waals surface area contributed by atoms with Crippen LogP contribution in [0, 0.1) is 0 Å². The Labute approximate surface area is 172 Å². The summed E-state index contributed by atoms with van der Waals surface area (Å²) in [7, 11) is -0.586. The van der Waals surface area contributed by atoms with Crippen molar-refractivity contribution in [3.05, 3.63) is 54.1 Å². The summed E-state index contributed by atoms with van der Waals surface area (Å²) in [5, 5.41) is 0. The number of ether oxygens (including phenoxy) is 3. The molecular weight excluding hydrogens is 392 g/mol. The number of methoxy groups -OCH3 is 2. The molecule has 0 amide bonds. The molecule has 2 aromatic rings. The van der Waals surface area contributed by atoms with Crippen molar-refractivity contribution in [2.24, 2.45) is 0 Å². The van der Waals surface area contributed by atoms with Crippen molar-refractivity contribution >= 4 is 10.1 Å². The van der Waals surface area contributed by atoms with E-state index in [-0.39, 0.29) is 11.0 Å². The Hall–Kier alpha value is -2.09. The van der Waals surface area contributed by atoms with Crippen molar-refractivity contribution in [3.8, 4) is 11.5 Å². The molecule has 0 bridgehead atoms. The fourth-order valence-corrected chi connectivity index (χ4v) is 4.68. The molecule has 0 spiro atoms. The first kappa shape index (κ1) is 21.6. The molecule has 0 aromatic heterocycles. The Bertz CT molecular complexity index is 881. The Balaban J connectivity index is 1.59. The molecule has 29 heavy (non-hydrogen) atoms. The van der Waals surface area contributed by atoms with Crippen molar-refractivity contribution in [2.75, 3.05) is 20.8 Å². The fourth-order valence-electron chi connectivity index (χ4n) is 3.53. The molecular formula is C22H28O6S. The summed E-state index contributed by atoms with van der Waals surface area (Å²) in [6.07, 6.45) is 3.40. The van der Waals surface area contributed by atoms with Gasteiger partial charge in [0.15, 0.2) is 11.5 Å². The second-order valence-electron chi connectivity index (χ2n) is 7.03. The lowest BCUT2D eigenvalue weighted by Crippen LogP contribution is -2.36. The van der Waals surface area contributed by atoms with Gasteiger partial charge in [-0.05, 0) is 49.1 Å². The maximum Gasteiger partial charge on any atom is 0.297 e. The van der Waals surface area contributed by atoms with E-state index in [0.29, 0.717) is 30.9 Å². The van der Waals surface area contributed by atoms with Gasteiger partial charge in [0.25, 0.3) is 10.1 Å². The first-order valence-corrected chi connectivity index (χ1v) is 11.2. The van der Waals surface area contributed by atoms with Gasteiger partial charge in [-0.2, -0.15) is 8.42 Å². The van der Waals surface area contributed by atoms with Crippen molar-refractivity contribution in [3.63, 3.8) is 0 Å². The van der Waals surface area contributed by atoms with E-state index in [1.54, 1.807) is 44.6 Å². The molecule has 0 radical (unpaired) electrons. The van der Waals surface area contributed by atoms with Crippen molar-refractivity contribution in [1.82, 2.24) is 0 Å². The average Bonchev–Trinajstić information content (AvgIpc) is 2.75. The highest BCUT2D eigenvalue weighted by molar-refractivity contribution is 7.86. The van der Waals surface area contributed by atoms with E-state index in [0.717, 1.165) is 24.8 Å². The third kappa shape index (κ3) is 5.72. The molecule has 2 aromatic carbocycles. The van der Waals surface area contributed by atoms with Crippen LogP contribution in [0.4, 0.5) is 0 Å². The second kappa shape index (κ2) is 10.1. The van der Waals surface area contributed by atoms with E-state index in [1.165, 1.54) is 0 Å². The standard InChI is InChI=1S/C22H28O6S/c1-25-19-13-12-17(16-22(19)26-2)14-15-27-20-10-6-7-11-21(20)28-29(23,24)18-8-4-3-5-9-18/h3-5,8-9,12-13,16,20-21H,6-7,10-11,14-15H2,1-2H3/t20-,21+/m1/s1. The van der Waals surface area contributed by atoms with Crippen LogP contribution in [0.3, 0.4) is 0 Å². The van der Waals surface area contributed by atoms with Gasteiger partial charge in [-0.25, -0.2) is 0 Å². The Morgan fingerprint density at radius 3 is 2.28 bits per heavy atom. The summed E-state index contributed by atoms with van der Waals surface area (Å²) < 4.78 is 47.3. The maximum atomic E-state index is 12.6. The second-order valence-corrected chi connectivity index (χ2v) is 8.61. The number of hydrogen-bond acceptors (Lipinski definition) is 6. The maximum absolute atomic E-state index is 12.6. The van der Waals surface area contributed by atoms with Crippen LogP contribution in [-0.2, 0) is 25.5 Å². The van der Waals surface area contributed by atoms with Gasteiger partial charge >= 0.3 is 0 Å². The smallest absolute Gasteiger partial charge is 0.297 e. The van der Waals surface area contributed by atoms with Gasteiger partial charge in [0.05, 0.1) is 31.8 Å². The minimum Gasteiger partial charge on any atom is -0.493 e. The molecule has 1 saturated carbocycles. The highest BCUT2D eigenvalue weighted by atomic mass is 32.2. The van der Waals surface area contributed by atoms with Crippen LogP contribution in [0.1, 0.15) is 31.2 Å². The topological polar surface area (TPSA) is 71.1 Å². The number of rotatable bonds is 9. The molecule has 1 aliphatic carbocycles. The van der Waals surface area contributed by atoms with E-state index in [1.807, 2.05) is 18.2 Å². The molecule has 158 valence electrons. The molecule has 0 aliphatic heterocycles. The molecule has 1 fully saturated rings. The summed E-state index contributed by atoms with van der Waals surface area (Å²) >= 11 is 0. The average molecular weight is 421 g/mol. The lowest BCUT2D eigenvalue weighted by Gasteiger charge is -2.30. The third-order valence-electron chi connectivity index (χ3n) is 5.09. The van der Waals surface area contributed by atoms with Gasteiger partial charge in [0.2, 0.25) is 0 Å². The Kier molecular flexibility index (Phi) is 7.52. The molecule has 0 N–H and O–H groups in total. The molecule has 7 heteroatoms. The molecule has 6 nitrogen and oxygen atoms in total. The van der Waals surface area contributed by atoms with Crippen LogP contribution in [0.15, 0.2) is 53.4 Å². The van der Waals surface area contributed by atoms with E-state index in [2.05, 4.69) is 0 Å². The quantitative estimate of drug-likeness (QED) is 0.572. The van der Waals surface area contributed by atoms with Gasteiger partial charge in [0, 0.05) is 0 Å². The largest absolute Gasteiger partial charge is 0.493 e. The van der Waals surface area contributed by atoms with Crippen molar-refractivity contribution < 1.29 is 26.8 Å². The molecule has 0 heterocycles. The van der Waals surface area contributed by atoms with Gasteiger partial charge in [-0.3, -0.25) is 4.18 Å². The number of benzene rings is 2. The lowest BCUT2D eigenvalue weighted by atomic mass is 9.95. The van der Waals surface area contributed by atoms with E-state index in [9.17, 15) is 8.42 Å². The first-order chi connectivity index (χ1) is 14.0. The van der Waals surface area contributed by atoms with E-state index in [4.69, 9.17) is 18.4 Å². The van der Waals surface area contributed by atoms with E-state index >= 15 is 0 Å². The summed E-state index contributed by atoms with van der Waals surface area (Å²) in [5.41, 5.74) is 1.06. The molecule has 1 aliphatic rings. The first-order valence-electron chi connectivity index (χ1n) is 9.84. The van der Waals surface area contributed by atoms with Crippen LogP contribution in [0.2, 0.25) is 0 Å². The summed E-state index contributed by atoms with van der Waals surface area (Å²) in [4.78, 5) is 0.176. The monoisotopic (exact) mass is 420 g/mol. The molecule has 2 atom stereocenters. The third-order valence-corrected chi connectivity index (χ3v) is 6.44. The highest BCUT2D eigenvalue weighted by Crippen LogP contribution is 2.29. The lowest BCUT2D eigenvalue weighted by molar-refractivity contribution is -0.0440. The zero-order valence-electron chi connectivity index (χ0n) is 16.9. The normalized spacial score (nSPS) is 19.7. The molecule has 3 rings (SSSR count). The molecule has 0 unspecified atom stereocenters. The minimum atomic E-state index is -3.80. The summed E-state index contributed by atoms with van der Waals surface area (Å²) in [6.45, 7) is 0.478. The van der Waals surface area contributed by atoms with Gasteiger partial charge in [-0.15, -0.1) is 0 Å². The van der Waals surface area contributed by atoms with E-state index < -0.39 is 16.2 Å². The van der Waals surface area contributed by atoms with Gasteiger partial charge in [-0.1, -0.05) is 37.1 Å². The van der Waals surface area contributed by atoms with Crippen LogP contribution in [0.25, 0.3) is 0 Å². The van der Waals surface area contributed by atoms with Gasteiger partial charge in [0.1, 0.15) is 6.10 Å². The predicted molar refractivity (Wildman–Crippen MR) is 110 cm³/mol. The van der Waals surface area contributed by atoms with Crippen LogP contribution in [0.5, 0.6) is 11.5 Å². The predicted octanol–water partition coefficient (Wildman–Crippen LogP) is 3.98. The van der Waals surface area contributed by atoms with Gasteiger partial charge < -0.3 is 14.2 Å². The van der Waals surface area contributed by atoms with Crippen LogP contribution >= 0.6 is 0 Å². The molecule has 0 saturated heterocycles. The zero-order chi connectivity index (χ0) is 20.7. The SMILES string of the molecule is COc1ccc(CCO[C@@H]2CCCC[C@@H]2OS(=O)(=O)c2ccccc2)cc1OC.